The SMILES string of the molecule is CCCCCC(NCCC)C(C)(CC)N(CC)CC. The van der Waals surface area contributed by atoms with Gasteiger partial charge in [0, 0.05) is 11.6 Å². The van der Waals surface area contributed by atoms with Crippen molar-refractivity contribution in [3.8, 4) is 0 Å². The third kappa shape index (κ3) is 5.83. The van der Waals surface area contributed by atoms with Gasteiger partial charge in [-0.15, -0.1) is 0 Å². The van der Waals surface area contributed by atoms with Crippen LogP contribution in [0.1, 0.15) is 80.1 Å². The molecular weight excluding hydrogens is 232 g/mol. The first-order valence-corrected chi connectivity index (χ1v) is 8.58. The van der Waals surface area contributed by atoms with Crippen molar-refractivity contribution < 1.29 is 0 Å². The lowest BCUT2D eigenvalue weighted by atomic mass is 9.83. The van der Waals surface area contributed by atoms with Crippen molar-refractivity contribution in [1.29, 1.82) is 0 Å². The minimum atomic E-state index is 0.298. The van der Waals surface area contributed by atoms with E-state index in [1.165, 1.54) is 38.5 Å². The molecule has 0 aromatic carbocycles. The molecule has 2 atom stereocenters. The van der Waals surface area contributed by atoms with Crippen molar-refractivity contribution in [2.24, 2.45) is 0 Å². The Morgan fingerprint density at radius 1 is 0.947 bits per heavy atom. The van der Waals surface area contributed by atoms with Gasteiger partial charge in [0.05, 0.1) is 0 Å². The molecule has 2 nitrogen and oxygen atoms in total. The molecule has 0 rings (SSSR count). The molecule has 0 saturated carbocycles. The second-order valence-corrected chi connectivity index (χ2v) is 5.89. The first-order chi connectivity index (χ1) is 9.10. The van der Waals surface area contributed by atoms with Crippen LogP contribution < -0.4 is 5.32 Å². The maximum Gasteiger partial charge on any atom is 0.0331 e. The van der Waals surface area contributed by atoms with E-state index in [9.17, 15) is 0 Å². The Balaban J connectivity index is 4.80. The third-order valence-corrected chi connectivity index (χ3v) is 4.69. The zero-order valence-electron chi connectivity index (χ0n) is 14.4. The predicted molar refractivity (Wildman–Crippen MR) is 87.8 cm³/mol. The maximum atomic E-state index is 3.83. The minimum absolute atomic E-state index is 0.298. The molecule has 0 spiro atoms. The molecule has 0 saturated heterocycles. The average Bonchev–Trinajstić information content (AvgIpc) is 2.43. The second kappa shape index (κ2) is 10.7. The van der Waals surface area contributed by atoms with Gasteiger partial charge in [-0.05, 0) is 45.8 Å². The lowest BCUT2D eigenvalue weighted by Crippen LogP contribution is -2.59. The Kier molecular flexibility index (Phi) is 10.6. The van der Waals surface area contributed by atoms with E-state index in [1.54, 1.807) is 0 Å². The molecule has 0 heterocycles. The second-order valence-electron chi connectivity index (χ2n) is 5.89. The first kappa shape index (κ1) is 18.9. The summed E-state index contributed by atoms with van der Waals surface area (Å²) < 4.78 is 0. The van der Waals surface area contributed by atoms with Crippen LogP contribution >= 0.6 is 0 Å². The summed E-state index contributed by atoms with van der Waals surface area (Å²) in [5.74, 6) is 0. The zero-order valence-corrected chi connectivity index (χ0v) is 14.4. The summed E-state index contributed by atoms with van der Waals surface area (Å²) in [7, 11) is 0. The number of unbranched alkanes of at least 4 members (excludes halogenated alkanes) is 2. The van der Waals surface area contributed by atoms with Gasteiger partial charge in [-0.3, -0.25) is 4.90 Å². The van der Waals surface area contributed by atoms with E-state index < -0.39 is 0 Å². The van der Waals surface area contributed by atoms with E-state index in [2.05, 4.69) is 51.8 Å². The summed E-state index contributed by atoms with van der Waals surface area (Å²) in [6, 6.07) is 0.629. The van der Waals surface area contributed by atoms with Crippen LogP contribution in [0.25, 0.3) is 0 Å². The fourth-order valence-electron chi connectivity index (χ4n) is 3.19. The lowest BCUT2D eigenvalue weighted by Gasteiger charge is -2.46. The molecule has 2 heteroatoms. The number of rotatable bonds is 12. The monoisotopic (exact) mass is 270 g/mol. The summed E-state index contributed by atoms with van der Waals surface area (Å²) in [6.45, 7) is 17.4. The molecule has 19 heavy (non-hydrogen) atoms. The van der Waals surface area contributed by atoms with Gasteiger partial charge in [-0.1, -0.05) is 53.9 Å². The normalized spacial score (nSPS) is 16.6. The van der Waals surface area contributed by atoms with Crippen molar-refractivity contribution >= 4 is 0 Å². The molecule has 0 aromatic heterocycles. The molecule has 0 aliphatic heterocycles. The molecule has 0 amide bonds. The van der Waals surface area contributed by atoms with Crippen molar-refractivity contribution in [2.75, 3.05) is 19.6 Å². The van der Waals surface area contributed by atoms with Crippen LogP contribution in [0.3, 0.4) is 0 Å². The van der Waals surface area contributed by atoms with Gasteiger partial charge in [0.1, 0.15) is 0 Å². The number of hydrogen-bond donors (Lipinski definition) is 1. The molecule has 0 radical (unpaired) electrons. The number of nitrogens with zero attached hydrogens (tertiary/aromatic N) is 1. The van der Waals surface area contributed by atoms with Gasteiger partial charge in [0.15, 0.2) is 0 Å². The van der Waals surface area contributed by atoms with Crippen LogP contribution in [0.4, 0.5) is 0 Å². The van der Waals surface area contributed by atoms with Crippen LogP contribution in [0, 0.1) is 0 Å². The summed E-state index contributed by atoms with van der Waals surface area (Å²) in [5.41, 5.74) is 0.298. The van der Waals surface area contributed by atoms with E-state index in [0.29, 0.717) is 11.6 Å². The molecule has 2 unspecified atom stereocenters. The highest BCUT2D eigenvalue weighted by atomic mass is 15.2. The van der Waals surface area contributed by atoms with Crippen molar-refractivity contribution in [1.82, 2.24) is 10.2 Å². The third-order valence-electron chi connectivity index (χ3n) is 4.69. The smallest absolute Gasteiger partial charge is 0.0331 e. The van der Waals surface area contributed by atoms with Gasteiger partial charge < -0.3 is 5.32 Å². The van der Waals surface area contributed by atoms with E-state index in [0.717, 1.165) is 19.6 Å². The fourth-order valence-corrected chi connectivity index (χ4v) is 3.19. The van der Waals surface area contributed by atoms with E-state index in [4.69, 9.17) is 0 Å². The van der Waals surface area contributed by atoms with E-state index >= 15 is 0 Å². The Bertz CT molecular complexity index is 201. The highest BCUT2D eigenvalue weighted by molar-refractivity contribution is 4.95. The van der Waals surface area contributed by atoms with E-state index in [-0.39, 0.29) is 0 Å². The number of likely N-dealkylation sites (N-methyl/N-ethyl adjacent to an activating group) is 1. The van der Waals surface area contributed by atoms with Crippen LogP contribution in [-0.4, -0.2) is 36.1 Å². The predicted octanol–water partition coefficient (Wildman–Crippen LogP) is 4.45. The molecule has 0 aromatic rings. The average molecular weight is 271 g/mol. The molecule has 116 valence electrons. The van der Waals surface area contributed by atoms with Gasteiger partial charge >= 0.3 is 0 Å². The van der Waals surface area contributed by atoms with Gasteiger partial charge in [0.2, 0.25) is 0 Å². The summed E-state index contributed by atoms with van der Waals surface area (Å²) in [5, 5.41) is 3.83. The van der Waals surface area contributed by atoms with Crippen molar-refractivity contribution in [2.45, 2.75) is 91.6 Å². The van der Waals surface area contributed by atoms with Gasteiger partial charge in [0.25, 0.3) is 0 Å². The lowest BCUT2D eigenvalue weighted by molar-refractivity contribution is 0.0656. The highest BCUT2D eigenvalue weighted by Crippen LogP contribution is 2.27. The Morgan fingerprint density at radius 3 is 2.00 bits per heavy atom. The molecule has 0 fully saturated rings. The Morgan fingerprint density at radius 2 is 1.58 bits per heavy atom. The van der Waals surface area contributed by atoms with Crippen LogP contribution in [0.5, 0.6) is 0 Å². The summed E-state index contributed by atoms with van der Waals surface area (Å²) >= 11 is 0. The van der Waals surface area contributed by atoms with Gasteiger partial charge in [-0.25, -0.2) is 0 Å². The van der Waals surface area contributed by atoms with E-state index in [1.807, 2.05) is 0 Å². The molecule has 0 aliphatic rings. The topological polar surface area (TPSA) is 15.3 Å². The summed E-state index contributed by atoms with van der Waals surface area (Å²) in [6.07, 6.45) is 7.80. The number of nitrogens with one attached hydrogen (secondary N) is 1. The Hall–Kier alpha value is -0.0800. The first-order valence-electron chi connectivity index (χ1n) is 8.58. The van der Waals surface area contributed by atoms with Crippen LogP contribution in [-0.2, 0) is 0 Å². The maximum absolute atomic E-state index is 3.83. The van der Waals surface area contributed by atoms with Crippen molar-refractivity contribution in [3.05, 3.63) is 0 Å². The number of hydrogen-bond acceptors (Lipinski definition) is 2. The highest BCUT2D eigenvalue weighted by Gasteiger charge is 2.35. The largest absolute Gasteiger partial charge is 0.312 e. The molecule has 1 N–H and O–H groups in total. The van der Waals surface area contributed by atoms with Crippen LogP contribution in [0.2, 0.25) is 0 Å². The zero-order chi connectivity index (χ0) is 14.7. The quantitative estimate of drug-likeness (QED) is 0.527. The molecule has 0 bridgehead atoms. The fraction of sp³-hybridized carbons (Fsp3) is 1.00. The molecular formula is C17H38N2. The summed E-state index contributed by atoms with van der Waals surface area (Å²) in [4.78, 5) is 2.65. The standard InChI is InChI=1S/C17H38N2/c1-7-12-13-14-16(18-15-8-2)17(6,9-3)19(10-4)11-5/h16,18H,7-15H2,1-6H3. The Labute approximate surface area is 122 Å². The molecule has 0 aliphatic carbocycles. The minimum Gasteiger partial charge on any atom is -0.312 e. The van der Waals surface area contributed by atoms with Crippen LogP contribution in [0.15, 0.2) is 0 Å². The van der Waals surface area contributed by atoms with Crippen molar-refractivity contribution in [3.63, 3.8) is 0 Å². The van der Waals surface area contributed by atoms with Gasteiger partial charge in [-0.2, -0.15) is 0 Å².